The number of esters is 1. The van der Waals surface area contributed by atoms with Crippen LogP contribution in [-0.4, -0.2) is 12.6 Å². The van der Waals surface area contributed by atoms with Gasteiger partial charge in [-0.25, -0.2) is 0 Å². The van der Waals surface area contributed by atoms with Crippen molar-refractivity contribution in [2.45, 2.75) is 148 Å². The van der Waals surface area contributed by atoms with E-state index in [4.69, 9.17) is 4.74 Å². The summed E-state index contributed by atoms with van der Waals surface area (Å²) in [6.45, 7) is 2.92. The third-order valence-corrected chi connectivity index (χ3v) is 6.48. The molecule has 1 fully saturated rings. The molecule has 1 saturated carbocycles. The Bertz CT molecular complexity index is 333. The normalized spacial score (nSPS) is 15.0. The number of ether oxygens (including phenoxy) is 1. The molecule has 1 aliphatic rings. The lowest BCUT2D eigenvalue weighted by Crippen LogP contribution is -2.09. The number of hydrogen-bond donors (Lipinski definition) is 0. The summed E-state index contributed by atoms with van der Waals surface area (Å²) in [5, 5.41) is 0. The van der Waals surface area contributed by atoms with E-state index < -0.39 is 0 Å². The molecule has 2 nitrogen and oxygen atoms in total. The van der Waals surface area contributed by atoms with Crippen LogP contribution in [0.15, 0.2) is 0 Å². The van der Waals surface area contributed by atoms with Crippen molar-refractivity contribution in [3.63, 3.8) is 0 Å². The largest absolute Gasteiger partial charge is 0.466 e. The van der Waals surface area contributed by atoms with Gasteiger partial charge in [-0.3, -0.25) is 4.79 Å². The van der Waals surface area contributed by atoms with Crippen LogP contribution in [0.1, 0.15) is 148 Å². The molecule has 0 aromatic carbocycles. The molecule has 1 rings (SSSR count). The fourth-order valence-corrected chi connectivity index (χ4v) is 4.57. The molecule has 0 bridgehead atoms. The Morgan fingerprint density at radius 1 is 0.679 bits per heavy atom. The standard InChI is InChI=1S/C26H50O2/c1-2-3-4-5-6-7-8-9-10-11-12-13-14-18-24-28-26(27)23-19-22-25-20-16-15-17-21-25/h25H,2-24H2,1H3. The fraction of sp³-hybridized carbons (Fsp3) is 0.962. The highest BCUT2D eigenvalue weighted by molar-refractivity contribution is 5.69. The summed E-state index contributed by atoms with van der Waals surface area (Å²) in [6, 6.07) is 0. The van der Waals surface area contributed by atoms with Crippen molar-refractivity contribution in [3.05, 3.63) is 0 Å². The number of hydrogen-bond acceptors (Lipinski definition) is 2. The maximum Gasteiger partial charge on any atom is 0.305 e. The first-order chi connectivity index (χ1) is 13.8. The van der Waals surface area contributed by atoms with Gasteiger partial charge in [-0.1, -0.05) is 122 Å². The summed E-state index contributed by atoms with van der Waals surface area (Å²) in [5.74, 6) is 0.915. The van der Waals surface area contributed by atoms with Crippen molar-refractivity contribution in [2.75, 3.05) is 6.61 Å². The molecule has 0 radical (unpaired) electrons. The Hall–Kier alpha value is -0.530. The predicted molar refractivity (Wildman–Crippen MR) is 122 cm³/mol. The summed E-state index contributed by atoms with van der Waals surface area (Å²) in [6.07, 6.45) is 29.0. The molecule has 0 aromatic rings. The van der Waals surface area contributed by atoms with E-state index in [0.717, 1.165) is 18.8 Å². The summed E-state index contributed by atoms with van der Waals surface area (Å²) in [5.41, 5.74) is 0. The Morgan fingerprint density at radius 3 is 1.71 bits per heavy atom. The van der Waals surface area contributed by atoms with Crippen LogP contribution in [0.2, 0.25) is 0 Å². The van der Waals surface area contributed by atoms with E-state index in [1.807, 2.05) is 0 Å². The highest BCUT2D eigenvalue weighted by atomic mass is 16.5. The van der Waals surface area contributed by atoms with Gasteiger partial charge < -0.3 is 4.74 Å². The van der Waals surface area contributed by atoms with Crippen LogP contribution in [0.3, 0.4) is 0 Å². The molecule has 0 saturated heterocycles. The van der Waals surface area contributed by atoms with Gasteiger partial charge in [0.25, 0.3) is 0 Å². The van der Waals surface area contributed by atoms with Crippen molar-refractivity contribution in [1.29, 1.82) is 0 Å². The third-order valence-electron chi connectivity index (χ3n) is 6.48. The zero-order valence-electron chi connectivity index (χ0n) is 19.2. The molecular formula is C26H50O2. The lowest BCUT2D eigenvalue weighted by Gasteiger charge is -2.20. The minimum Gasteiger partial charge on any atom is -0.466 e. The molecular weight excluding hydrogens is 344 g/mol. The second-order valence-electron chi connectivity index (χ2n) is 9.21. The van der Waals surface area contributed by atoms with Crippen LogP contribution in [0.25, 0.3) is 0 Å². The van der Waals surface area contributed by atoms with Crippen molar-refractivity contribution < 1.29 is 9.53 Å². The van der Waals surface area contributed by atoms with Gasteiger partial charge in [0.15, 0.2) is 0 Å². The zero-order chi connectivity index (χ0) is 20.1. The average Bonchev–Trinajstić information content (AvgIpc) is 2.71. The minimum atomic E-state index is 0.0329. The Balaban J connectivity index is 1.72. The van der Waals surface area contributed by atoms with Crippen molar-refractivity contribution >= 4 is 5.97 Å². The fourth-order valence-electron chi connectivity index (χ4n) is 4.57. The van der Waals surface area contributed by atoms with Gasteiger partial charge in [0.2, 0.25) is 0 Å². The maximum atomic E-state index is 11.8. The second-order valence-corrected chi connectivity index (χ2v) is 9.21. The molecule has 1 aliphatic carbocycles. The van der Waals surface area contributed by atoms with Gasteiger partial charge in [-0.15, -0.1) is 0 Å². The van der Waals surface area contributed by atoms with E-state index in [2.05, 4.69) is 6.92 Å². The first-order valence-electron chi connectivity index (χ1n) is 13.0. The number of carbonyl (C=O) groups is 1. The molecule has 0 amide bonds. The highest BCUT2D eigenvalue weighted by Gasteiger charge is 2.13. The van der Waals surface area contributed by atoms with Gasteiger partial charge in [0.05, 0.1) is 6.61 Å². The summed E-state index contributed by atoms with van der Waals surface area (Å²) in [7, 11) is 0. The highest BCUT2D eigenvalue weighted by Crippen LogP contribution is 2.27. The van der Waals surface area contributed by atoms with Crippen molar-refractivity contribution in [1.82, 2.24) is 0 Å². The van der Waals surface area contributed by atoms with Crippen molar-refractivity contribution in [3.8, 4) is 0 Å². The van der Waals surface area contributed by atoms with Gasteiger partial charge >= 0.3 is 5.97 Å². The van der Waals surface area contributed by atoms with Gasteiger partial charge in [-0.2, -0.15) is 0 Å². The topological polar surface area (TPSA) is 26.3 Å². The van der Waals surface area contributed by atoms with E-state index in [0.29, 0.717) is 13.0 Å². The van der Waals surface area contributed by atoms with Crippen LogP contribution < -0.4 is 0 Å². The summed E-state index contributed by atoms with van der Waals surface area (Å²) >= 11 is 0. The minimum absolute atomic E-state index is 0.0329. The van der Waals surface area contributed by atoms with Gasteiger partial charge in [0.1, 0.15) is 0 Å². The molecule has 0 aliphatic heterocycles. The van der Waals surface area contributed by atoms with Crippen LogP contribution in [-0.2, 0) is 9.53 Å². The average molecular weight is 395 g/mol. The van der Waals surface area contributed by atoms with E-state index in [1.54, 1.807) is 0 Å². The van der Waals surface area contributed by atoms with E-state index in [9.17, 15) is 4.79 Å². The third kappa shape index (κ3) is 16.4. The molecule has 0 aromatic heterocycles. The lowest BCUT2D eigenvalue weighted by molar-refractivity contribution is -0.143. The Kier molecular flexibility index (Phi) is 18.0. The maximum absolute atomic E-state index is 11.8. The zero-order valence-corrected chi connectivity index (χ0v) is 19.2. The van der Waals surface area contributed by atoms with Crippen LogP contribution in [0, 0.1) is 5.92 Å². The molecule has 0 spiro atoms. The van der Waals surface area contributed by atoms with E-state index in [1.165, 1.54) is 122 Å². The molecule has 166 valence electrons. The molecule has 0 N–H and O–H groups in total. The second kappa shape index (κ2) is 19.8. The predicted octanol–water partition coefficient (Wildman–Crippen LogP) is 8.76. The van der Waals surface area contributed by atoms with Crippen molar-refractivity contribution in [2.24, 2.45) is 5.92 Å². The number of rotatable bonds is 19. The van der Waals surface area contributed by atoms with E-state index >= 15 is 0 Å². The number of unbranched alkanes of at least 4 members (excludes halogenated alkanes) is 13. The first-order valence-corrected chi connectivity index (χ1v) is 13.0. The molecule has 0 atom stereocenters. The van der Waals surface area contributed by atoms with Gasteiger partial charge in [-0.05, 0) is 25.2 Å². The lowest BCUT2D eigenvalue weighted by atomic mass is 9.86. The summed E-state index contributed by atoms with van der Waals surface area (Å²) in [4.78, 5) is 11.8. The quantitative estimate of drug-likeness (QED) is 0.162. The molecule has 0 heterocycles. The van der Waals surface area contributed by atoms with Crippen LogP contribution in [0.4, 0.5) is 0 Å². The van der Waals surface area contributed by atoms with Gasteiger partial charge in [0, 0.05) is 6.42 Å². The number of carbonyl (C=O) groups excluding carboxylic acids is 1. The molecule has 2 heteroatoms. The summed E-state index contributed by atoms with van der Waals surface area (Å²) < 4.78 is 5.40. The smallest absolute Gasteiger partial charge is 0.305 e. The Morgan fingerprint density at radius 2 is 1.18 bits per heavy atom. The van der Waals surface area contributed by atoms with E-state index in [-0.39, 0.29) is 5.97 Å². The first kappa shape index (κ1) is 25.5. The Labute approximate surface area is 176 Å². The molecule has 0 unspecified atom stereocenters. The van der Waals surface area contributed by atoms with Crippen LogP contribution in [0.5, 0.6) is 0 Å². The molecule has 28 heavy (non-hydrogen) atoms. The van der Waals surface area contributed by atoms with Crippen LogP contribution >= 0.6 is 0 Å². The SMILES string of the molecule is CCCCCCCCCCCCCCCCOC(=O)CCCC1CCCCC1. The monoisotopic (exact) mass is 394 g/mol.